The van der Waals surface area contributed by atoms with Crippen LogP contribution in [0.25, 0.3) is 0 Å². The van der Waals surface area contributed by atoms with Crippen LogP contribution in [0.4, 0.5) is 0 Å². The third-order valence-electron chi connectivity index (χ3n) is 6.30. The standard InChI is InChI=1S/C22H26N4O4/c1-2-24-8-3-9-26-18(22(24)28)13-17(23-26)15-6-10-25(11-7-15)21(27)16-4-5-19-20(12-16)30-14-29-19/h4-5,12-13,15H,2-3,6-11,14H2,1H3. The van der Waals surface area contributed by atoms with Gasteiger partial charge in [0.15, 0.2) is 11.5 Å². The Morgan fingerprint density at radius 1 is 1.10 bits per heavy atom. The van der Waals surface area contributed by atoms with Gasteiger partial charge in [-0.3, -0.25) is 14.3 Å². The zero-order chi connectivity index (χ0) is 20.7. The molecule has 1 saturated heterocycles. The number of amides is 2. The van der Waals surface area contributed by atoms with Crippen LogP contribution in [0.2, 0.25) is 0 Å². The molecule has 0 bridgehead atoms. The number of nitrogens with zero attached hydrogens (tertiary/aromatic N) is 4. The molecule has 0 spiro atoms. The summed E-state index contributed by atoms with van der Waals surface area (Å²) in [6.07, 6.45) is 2.62. The van der Waals surface area contributed by atoms with E-state index in [2.05, 4.69) is 0 Å². The predicted octanol–water partition coefficient (Wildman–Crippen LogP) is 2.50. The number of fused-ring (bicyclic) bond motifs is 2. The van der Waals surface area contributed by atoms with Gasteiger partial charge >= 0.3 is 0 Å². The summed E-state index contributed by atoms with van der Waals surface area (Å²) in [5.41, 5.74) is 2.30. The minimum atomic E-state index is 0.0149. The number of rotatable bonds is 3. The fraction of sp³-hybridized carbons (Fsp3) is 0.500. The number of hydrogen-bond acceptors (Lipinski definition) is 5. The van der Waals surface area contributed by atoms with E-state index < -0.39 is 0 Å². The third-order valence-corrected chi connectivity index (χ3v) is 6.30. The Morgan fingerprint density at radius 2 is 1.90 bits per heavy atom. The topological polar surface area (TPSA) is 76.9 Å². The van der Waals surface area contributed by atoms with Crippen molar-refractivity contribution in [1.82, 2.24) is 19.6 Å². The summed E-state index contributed by atoms with van der Waals surface area (Å²) < 4.78 is 12.6. The van der Waals surface area contributed by atoms with E-state index in [0.29, 0.717) is 35.8 Å². The number of carbonyl (C=O) groups is 2. The van der Waals surface area contributed by atoms with Crippen LogP contribution in [-0.2, 0) is 6.54 Å². The maximum Gasteiger partial charge on any atom is 0.272 e. The Balaban J connectivity index is 1.26. The molecule has 158 valence electrons. The molecule has 3 aliphatic rings. The lowest BCUT2D eigenvalue weighted by Gasteiger charge is -2.31. The monoisotopic (exact) mass is 410 g/mol. The van der Waals surface area contributed by atoms with Gasteiger partial charge in [0.2, 0.25) is 6.79 Å². The van der Waals surface area contributed by atoms with E-state index in [-0.39, 0.29) is 24.5 Å². The van der Waals surface area contributed by atoms with Gasteiger partial charge in [0.1, 0.15) is 5.69 Å². The second-order valence-electron chi connectivity index (χ2n) is 8.05. The molecule has 0 saturated carbocycles. The van der Waals surface area contributed by atoms with E-state index in [1.807, 2.05) is 27.5 Å². The molecule has 0 radical (unpaired) electrons. The second-order valence-corrected chi connectivity index (χ2v) is 8.05. The molecular formula is C22H26N4O4. The highest BCUT2D eigenvalue weighted by molar-refractivity contribution is 5.95. The molecule has 3 aliphatic heterocycles. The summed E-state index contributed by atoms with van der Waals surface area (Å²) in [6.45, 7) is 5.85. The molecule has 2 aromatic rings. The molecule has 1 fully saturated rings. The van der Waals surface area contributed by atoms with Crippen LogP contribution in [0.5, 0.6) is 11.5 Å². The number of ether oxygens (including phenoxy) is 2. The first-order valence-corrected chi connectivity index (χ1v) is 10.7. The lowest BCUT2D eigenvalue weighted by atomic mass is 9.93. The lowest BCUT2D eigenvalue weighted by Crippen LogP contribution is -2.38. The van der Waals surface area contributed by atoms with Crippen LogP contribution in [-0.4, -0.2) is 64.4 Å². The number of piperidine rings is 1. The number of aromatic nitrogens is 2. The molecule has 1 aromatic carbocycles. The van der Waals surface area contributed by atoms with Gasteiger partial charge in [0, 0.05) is 44.2 Å². The van der Waals surface area contributed by atoms with E-state index in [1.165, 1.54) is 0 Å². The highest BCUT2D eigenvalue weighted by Crippen LogP contribution is 2.34. The maximum atomic E-state index is 12.9. The van der Waals surface area contributed by atoms with Crippen LogP contribution in [0, 0.1) is 0 Å². The first kappa shape index (κ1) is 19.0. The molecular weight excluding hydrogens is 384 g/mol. The Labute approximate surface area is 175 Å². The molecule has 0 aliphatic carbocycles. The molecule has 0 atom stereocenters. The zero-order valence-electron chi connectivity index (χ0n) is 17.2. The van der Waals surface area contributed by atoms with E-state index in [1.54, 1.807) is 18.2 Å². The van der Waals surface area contributed by atoms with Gasteiger partial charge in [-0.1, -0.05) is 0 Å². The van der Waals surface area contributed by atoms with Crippen molar-refractivity contribution < 1.29 is 19.1 Å². The third kappa shape index (κ3) is 3.30. The minimum absolute atomic E-state index is 0.0149. The first-order chi connectivity index (χ1) is 14.6. The molecule has 1 aromatic heterocycles. The average molecular weight is 410 g/mol. The van der Waals surface area contributed by atoms with Gasteiger partial charge in [-0.05, 0) is 50.5 Å². The van der Waals surface area contributed by atoms with Crippen molar-refractivity contribution in [3.05, 3.63) is 41.2 Å². The van der Waals surface area contributed by atoms with Crippen molar-refractivity contribution in [1.29, 1.82) is 0 Å². The average Bonchev–Trinajstić information content (AvgIpc) is 3.39. The smallest absolute Gasteiger partial charge is 0.272 e. The van der Waals surface area contributed by atoms with E-state index in [9.17, 15) is 9.59 Å². The quantitative estimate of drug-likeness (QED) is 0.777. The number of aryl methyl sites for hydroxylation is 1. The summed E-state index contributed by atoms with van der Waals surface area (Å²) in [4.78, 5) is 29.4. The van der Waals surface area contributed by atoms with Gasteiger partial charge in [0.25, 0.3) is 11.8 Å². The van der Waals surface area contributed by atoms with E-state index in [4.69, 9.17) is 14.6 Å². The minimum Gasteiger partial charge on any atom is -0.454 e. The summed E-state index contributed by atoms with van der Waals surface area (Å²) in [5.74, 6) is 1.67. The van der Waals surface area contributed by atoms with Crippen LogP contribution < -0.4 is 9.47 Å². The molecule has 30 heavy (non-hydrogen) atoms. The highest BCUT2D eigenvalue weighted by atomic mass is 16.7. The van der Waals surface area contributed by atoms with Crippen molar-refractivity contribution in [2.75, 3.05) is 33.0 Å². The summed E-state index contributed by atoms with van der Waals surface area (Å²) >= 11 is 0. The number of likely N-dealkylation sites (tertiary alicyclic amines) is 1. The molecule has 5 rings (SSSR count). The second kappa shape index (κ2) is 7.66. The molecule has 0 N–H and O–H groups in total. The van der Waals surface area contributed by atoms with Crippen molar-refractivity contribution in [2.24, 2.45) is 0 Å². The number of carbonyl (C=O) groups excluding carboxylic acids is 2. The molecule has 8 nitrogen and oxygen atoms in total. The van der Waals surface area contributed by atoms with Gasteiger partial charge in [-0.2, -0.15) is 5.10 Å². The largest absolute Gasteiger partial charge is 0.454 e. The van der Waals surface area contributed by atoms with Crippen molar-refractivity contribution in [3.63, 3.8) is 0 Å². The van der Waals surface area contributed by atoms with Crippen molar-refractivity contribution in [2.45, 2.75) is 38.6 Å². The highest BCUT2D eigenvalue weighted by Gasteiger charge is 2.30. The van der Waals surface area contributed by atoms with E-state index >= 15 is 0 Å². The Hall–Kier alpha value is -3.03. The summed E-state index contributed by atoms with van der Waals surface area (Å²) in [6, 6.07) is 7.31. The summed E-state index contributed by atoms with van der Waals surface area (Å²) in [5, 5.41) is 4.76. The number of hydrogen-bond donors (Lipinski definition) is 0. The SMILES string of the molecule is CCN1CCCn2nc(C3CCN(C(=O)c4ccc5c(c4)OCO5)CC3)cc2C1=O. The van der Waals surface area contributed by atoms with Crippen LogP contribution >= 0.6 is 0 Å². The normalized spacial score (nSPS) is 19.0. The zero-order valence-corrected chi connectivity index (χ0v) is 17.2. The number of benzene rings is 1. The van der Waals surface area contributed by atoms with Crippen molar-refractivity contribution >= 4 is 11.8 Å². The lowest BCUT2D eigenvalue weighted by molar-refractivity contribution is 0.0711. The van der Waals surface area contributed by atoms with E-state index in [0.717, 1.165) is 44.6 Å². The van der Waals surface area contributed by atoms with Gasteiger partial charge in [0.05, 0.1) is 5.69 Å². The molecule has 0 unspecified atom stereocenters. The molecule has 4 heterocycles. The first-order valence-electron chi connectivity index (χ1n) is 10.7. The molecule has 8 heteroatoms. The van der Waals surface area contributed by atoms with Crippen LogP contribution in [0.15, 0.2) is 24.3 Å². The van der Waals surface area contributed by atoms with Gasteiger partial charge in [-0.25, -0.2) is 0 Å². The van der Waals surface area contributed by atoms with Crippen LogP contribution in [0.3, 0.4) is 0 Å². The van der Waals surface area contributed by atoms with Crippen LogP contribution in [0.1, 0.15) is 58.6 Å². The Bertz CT molecular complexity index is 978. The van der Waals surface area contributed by atoms with Gasteiger partial charge < -0.3 is 19.3 Å². The van der Waals surface area contributed by atoms with Crippen molar-refractivity contribution in [3.8, 4) is 11.5 Å². The summed E-state index contributed by atoms with van der Waals surface area (Å²) in [7, 11) is 0. The Morgan fingerprint density at radius 3 is 2.70 bits per heavy atom. The molecule has 2 amide bonds. The predicted molar refractivity (Wildman–Crippen MR) is 109 cm³/mol. The Kier molecular flexibility index (Phi) is 4.84. The fourth-order valence-corrected chi connectivity index (χ4v) is 4.55. The van der Waals surface area contributed by atoms with Gasteiger partial charge in [-0.15, -0.1) is 0 Å². The maximum absolute atomic E-state index is 12.9. The fourth-order valence-electron chi connectivity index (χ4n) is 4.55.